The molecule has 0 radical (unpaired) electrons. The van der Waals surface area contributed by atoms with Gasteiger partial charge in [0.2, 0.25) is 0 Å². The Morgan fingerprint density at radius 2 is 2.00 bits per heavy atom. The van der Waals surface area contributed by atoms with Crippen LogP contribution < -0.4 is 5.73 Å². The predicted octanol–water partition coefficient (Wildman–Crippen LogP) is 2.08. The van der Waals surface area contributed by atoms with Crippen molar-refractivity contribution in [1.29, 1.82) is 0 Å². The third-order valence-electron chi connectivity index (χ3n) is 1.90. The molecule has 78 valence electrons. The number of nitrogens with two attached hydrogens (primary N) is 1. The number of phenolic OH excluding ortho intramolecular Hbond substituents is 1. The van der Waals surface area contributed by atoms with Crippen LogP contribution in [-0.4, -0.2) is 16.8 Å². The first-order chi connectivity index (χ1) is 6.56. The topological polar surface area (TPSA) is 66.5 Å². The fourth-order valence-electron chi connectivity index (χ4n) is 1.16. The first kappa shape index (κ1) is 11.6. The Morgan fingerprint density at radius 3 is 2.57 bits per heavy atom. The number of halogens is 2. The molecule has 1 aromatic rings. The van der Waals surface area contributed by atoms with Gasteiger partial charge in [-0.15, -0.1) is 0 Å². The molecule has 0 aliphatic rings. The minimum atomic E-state index is -0.462. The van der Waals surface area contributed by atoms with Crippen molar-refractivity contribution in [1.82, 2.24) is 0 Å². The lowest BCUT2D eigenvalue weighted by Gasteiger charge is -2.13. The van der Waals surface area contributed by atoms with E-state index in [0.29, 0.717) is 17.0 Å². The van der Waals surface area contributed by atoms with Crippen molar-refractivity contribution in [2.75, 3.05) is 6.61 Å². The largest absolute Gasteiger partial charge is 0.506 e. The number of phenols is 1. The van der Waals surface area contributed by atoms with Gasteiger partial charge in [0, 0.05) is 23.2 Å². The molecule has 0 unspecified atom stereocenters. The normalized spacial score (nSPS) is 12.9. The smallest absolute Gasteiger partial charge is 0.139 e. The van der Waals surface area contributed by atoms with Crippen LogP contribution in [0.1, 0.15) is 18.0 Å². The summed E-state index contributed by atoms with van der Waals surface area (Å²) in [6.07, 6.45) is 0.351. The highest BCUT2D eigenvalue weighted by molar-refractivity contribution is 6.35. The van der Waals surface area contributed by atoms with E-state index in [9.17, 15) is 5.11 Å². The average molecular weight is 236 g/mol. The number of aliphatic hydroxyl groups is 1. The summed E-state index contributed by atoms with van der Waals surface area (Å²) in [5, 5.41) is 18.8. The summed E-state index contributed by atoms with van der Waals surface area (Å²) >= 11 is 11.5. The van der Waals surface area contributed by atoms with Crippen LogP contribution in [0, 0.1) is 0 Å². The Kier molecular flexibility index (Phi) is 4.01. The van der Waals surface area contributed by atoms with Crippen LogP contribution in [0.25, 0.3) is 0 Å². The summed E-state index contributed by atoms with van der Waals surface area (Å²) in [6, 6.07) is 2.52. The van der Waals surface area contributed by atoms with Gasteiger partial charge in [0.1, 0.15) is 5.75 Å². The van der Waals surface area contributed by atoms with E-state index >= 15 is 0 Å². The fraction of sp³-hybridized carbons (Fsp3) is 0.333. The van der Waals surface area contributed by atoms with E-state index in [0.717, 1.165) is 0 Å². The molecule has 0 aliphatic heterocycles. The number of benzene rings is 1. The van der Waals surface area contributed by atoms with Gasteiger partial charge in [-0.05, 0) is 18.6 Å². The van der Waals surface area contributed by atoms with Gasteiger partial charge in [0.25, 0.3) is 0 Å². The number of rotatable bonds is 3. The van der Waals surface area contributed by atoms with Gasteiger partial charge in [-0.25, -0.2) is 0 Å². The highest BCUT2D eigenvalue weighted by Gasteiger charge is 2.14. The minimum Gasteiger partial charge on any atom is -0.506 e. The minimum absolute atomic E-state index is 0.0509. The summed E-state index contributed by atoms with van der Waals surface area (Å²) in [4.78, 5) is 0. The van der Waals surface area contributed by atoms with E-state index < -0.39 is 6.04 Å². The number of aliphatic hydroxyl groups excluding tert-OH is 1. The van der Waals surface area contributed by atoms with Crippen molar-refractivity contribution < 1.29 is 10.2 Å². The molecular formula is C9H11Cl2NO2. The summed E-state index contributed by atoms with van der Waals surface area (Å²) in [5.41, 5.74) is 6.16. The Morgan fingerprint density at radius 1 is 1.36 bits per heavy atom. The Hall–Kier alpha value is -0.480. The zero-order chi connectivity index (χ0) is 10.7. The van der Waals surface area contributed by atoms with Gasteiger partial charge in [0.15, 0.2) is 0 Å². The van der Waals surface area contributed by atoms with Gasteiger partial charge in [-0.1, -0.05) is 23.2 Å². The number of hydrogen-bond acceptors (Lipinski definition) is 3. The van der Waals surface area contributed by atoms with E-state index in [1.54, 1.807) is 6.07 Å². The number of hydrogen-bond donors (Lipinski definition) is 3. The summed E-state index contributed by atoms with van der Waals surface area (Å²) in [5.74, 6) is -0.0722. The van der Waals surface area contributed by atoms with E-state index in [2.05, 4.69) is 0 Å². The second-order valence-corrected chi connectivity index (χ2v) is 3.79. The molecule has 0 heterocycles. The maximum Gasteiger partial charge on any atom is 0.139 e. The molecule has 0 aromatic heterocycles. The molecule has 3 nitrogen and oxygen atoms in total. The molecule has 5 heteroatoms. The van der Waals surface area contributed by atoms with E-state index in [1.807, 2.05) is 0 Å². The first-order valence-corrected chi connectivity index (χ1v) is 4.86. The molecule has 4 N–H and O–H groups in total. The third kappa shape index (κ3) is 2.51. The average Bonchev–Trinajstić information content (AvgIpc) is 2.11. The van der Waals surface area contributed by atoms with Crippen LogP contribution >= 0.6 is 23.2 Å². The maximum atomic E-state index is 9.57. The zero-order valence-corrected chi connectivity index (χ0v) is 8.89. The quantitative estimate of drug-likeness (QED) is 0.752. The lowest BCUT2D eigenvalue weighted by Crippen LogP contribution is -2.12. The molecule has 14 heavy (non-hydrogen) atoms. The SMILES string of the molecule is N[C@H](CCO)c1cc(Cl)cc(Cl)c1O. The standard InChI is InChI=1S/C9H11Cl2NO2/c10-5-3-6(8(12)1-2-13)9(14)7(11)4-5/h3-4,8,13-14H,1-2,12H2/t8-/m1/s1. The van der Waals surface area contributed by atoms with Crippen LogP contribution in [0.3, 0.4) is 0 Å². The molecule has 1 atom stereocenters. The molecule has 0 spiro atoms. The van der Waals surface area contributed by atoms with Crippen LogP contribution in [-0.2, 0) is 0 Å². The molecular weight excluding hydrogens is 225 g/mol. The molecule has 0 amide bonds. The third-order valence-corrected chi connectivity index (χ3v) is 2.40. The second kappa shape index (κ2) is 4.84. The Balaban J connectivity index is 3.07. The van der Waals surface area contributed by atoms with Crippen molar-refractivity contribution in [2.24, 2.45) is 5.73 Å². The molecule has 0 saturated carbocycles. The van der Waals surface area contributed by atoms with E-state index in [1.165, 1.54) is 6.07 Å². The highest BCUT2D eigenvalue weighted by atomic mass is 35.5. The van der Waals surface area contributed by atoms with Crippen LogP contribution in [0.2, 0.25) is 10.0 Å². The van der Waals surface area contributed by atoms with Crippen LogP contribution in [0.4, 0.5) is 0 Å². The van der Waals surface area contributed by atoms with Crippen molar-refractivity contribution in [3.05, 3.63) is 27.7 Å². The fourth-order valence-corrected chi connectivity index (χ4v) is 1.67. The van der Waals surface area contributed by atoms with E-state index in [4.69, 9.17) is 34.0 Å². The lowest BCUT2D eigenvalue weighted by molar-refractivity contribution is 0.275. The number of aromatic hydroxyl groups is 1. The van der Waals surface area contributed by atoms with Crippen molar-refractivity contribution >= 4 is 23.2 Å². The first-order valence-electron chi connectivity index (χ1n) is 4.10. The zero-order valence-electron chi connectivity index (χ0n) is 7.37. The van der Waals surface area contributed by atoms with Crippen molar-refractivity contribution in [3.8, 4) is 5.75 Å². The molecule has 1 aromatic carbocycles. The van der Waals surface area contributed by atoms with Gasteiger partial charge < -0.3 is 15.9 Å². The highest BCUT2D eigenvalue weighted by Crippen LogP contribution is 2.34. The Bertz CT molecular complexity index is 331. The predicted molar refractivity (Wildman–Crippen MR) is 56.8 cm³/mol. The molecule has 0 saturated heterocycles. The summed E-state index contributed by atoms with van der Waals surface area (Å²) in [6.45, 7) is -0.0509. The maximum absolute atomic E-state index is 9.57. The van der Waals surface area contributed by atoms with Gasteiger partial charge in [0.05, 0.1) is 5.02 Å². The van der Waals surface area contributed by atoms with Crippen LogP contribution in [0.15, 0.2) is 12.1 Å². The molecule has 0 fully saturated rings. The van der Waals surface area contributed by atoms with Crippen molar-refractivity contribution in [2.45, 2.75) is 12.5 Å². The molecule has 0 aliphatic carbocycles. The van der Waals surface area contributed by atoms with Crippen molar-refractivity contribution in [3.63, 3.8) is 0 Å². The van der Waals surface area contributed by atoms with Gasteiger partial charge in [-0.3, -0.25) is 0 Å². The van der Waals surface area contributed by atoms with Gasteiger partial charge >= 0.3 is 0 Å². The molecule has 1 rings (SSSR count). The van der Waals surface area contributed by atoms with Gasteiger partial charge in [-0.2, -0.15) is 0 Å². The lowest BCUT2D eigenvalue weighted by atomic mass is 10.0. The molecule has 0 bridgehead atoms. The summed E-state index contributed by atoms with van der Waals surface area (Å²) in [7, 11) is 0. The second-order valence-electron chi connectivity index (χ2n) is 2.94. The van der Waals surface area contributed by atoms with Crippen LogP contribution in [0.5, 0.6) is 5.75 Å². The monoisotopic (exact) mass is 235 g/mol. The Labute approximate surface area is 92.1 Å². The summed E-state index contributed by atoms with van der Waals surface area (Å²) < 4.78 is 0. The van der Waals surface area contributed by atoms with E-state index in [-0.39, 0.29) is 17.4 Å².